The Kier molecular flexibility index (Phi) is 9.02. The number of nitrogens with zero attached hydrogens (tertiary/aromatic N) is 2. The number of aliphatic hydroxyl groups excluding tert-OH is 1. The van der Waals surface area contributed by atoms with Crippen LogP contribution in [-0.2, 0) is 20.0 Å². The fourth-order valence-electron chi connectivity index (χ4n) is 4.48. The van der Waals surface area contributed by atoms with Crippen LogP contribution in [0.2, 0.25) is 0 Å². The highest BCUT2D eigenvalue weighted by Gasteiger charge is 2.36. The van der Waals surface area contributed by atoms with Gasteiger partial charge in [-0.1, -0.05) is 31.2 Å². The van der Waals surface area contributed by atoms with Gasteiger partial charge in [0.25, 0.3) is 15.9 Å². The standard InChI is InChI=1S/C28H32FN3O7S2/c1-19-16-32(20(2)18-33)28(34)24-10-7-11-25(30-40(35,36)22-8-5-4-6-9-22)27(24)39-26(19)17-31(3)41(37,38)23-14-12-21(29)13-15-23/h4-15,19-20,26,30,33H,16-18H2,1-3H3/t19-,20+,26-/m1/s1. The van der Waals surface area contributed by atoms with E-state index in [0.29, 0.717) is 0 Å². The van der Waals surface area contributed by atoms with Crippen LogP contribution in [0.1, 0.15) is 24.2 Å². The normalized spacial score (nSPS) is 18.7. The van der Waals surface area contributed by atoms with Crippen LogP contribution < -0.4 is 9.46 Å². The van der Waals surface area contributed by atoms with Crippen molar-refractivity contribution >= 4 is 31.6 Å². The molecule has 0 aliphatic carbocycles. The summed E-state index contributed by atoms with van der Waals surface area (Å²) in [7, 11) is -6.75. The summed E-state index contributed by atoms with van der Waals surface area (Å²) >= 11 is 0. The fourth-order valence-corrected chi connectivity index (χ4v) is 6.75. The molecule has 1 heterocycles. The minimum Gasteiger partial charge on any atom is -0.486 e. The van der Waals surface area contributed by atoms with Crippen molar-refractivity contribution in [2.24, 2.45) is 5.92 Å². The van der Waals surface area contributed by atoms with Crippen LogP contribution in [0.25, 0.3) is 0 Å². The first-order chi connectivity index (χ1) is 19.3. The molecule has 0 radical (unpaired) electrons. The van der Waals surface area contributed by atoms with Gasteiger partial charge in [-0.25, -0.2) is 21.2 Å². The molecule has 0 saturated heterocycles. The van der Waals surface area contributed by atoms with Gasteiger partial charge >= 0.3 is 0 Å². The third-order valence-electron chi connectivity index (χ3n) is 6.95. The molecule has 0 spiro atoms. The molecule has 1 aliphatic rings. The Bertz CT molecular complexity index is 1600. The molecule has 13 heteroatoms. The van der Waals surface area contributed by atoms with Crippen molar-refractivity contribution in [2.75, 3.05) is 31.5 Å². The van der Waals surface area contributed by atoms with E-state index in [0.717, 1.165) is 16.4 Å². The number of ether oxygens (including phenoxy) is 1. The predicted octanol–water partition coefficient (Wildman–Crippen LogP) is 3.17. The zero-order chi connectivity index (χ0) is 29.9. The second-order valence-electron chi connectivity index (χ2n) is 9.96. The Morgan fingerprint density at radius 2 is 1.68 bits per heavy atom. The zero-order valence-electron chi connectivity index (χ0n) is 22.8. The highest BCUT2D eigenvalue weighted by atomic mass is 32.2. The van der Waals surface area contributed by atoms with Crippen molar-refractivity contribution in [3.63, 3.8) is 0 Å². The van der Waals surface area contributed by atoms with Crippen LogP contribution in [0.4, 0.5) is 10.1 Å². The summed E-state index contributed by atoms with van der Waals surface area (Å²) in [6.07, 6.45) is -0.849. The van der Waals surface area contributed by atoms with Gasteiger partial charge in [-0.3, -0.25) is 9.52 Å². The van der Waals surface area contributed by atoms with Crippen molar-refractivity contribution in [3.8, 4) is 5.75 Å². The number of sulfonamides is 2. The first kappa shape index (κ1) is 30.4. The van der Waals surface area contributed by atoms with Crippen LogP contribution in [0.5, 0.6) is 5.75 Å². The molecule has 3 aromatic carbocycles. The molecule has 0 unspecified atom stereocenters. The van der Waals surface area contributed by atoms with Gasteiger partial charge in [-0.15, -0.1) is 0 Å². The fraction of sp³-hybridized carbons (Fsp3) is 0.321. The van der Waals surface area contributed by atoms with Crippen LogP contribution >= 0.6 is 0 Å². The van der Waals surface area contributed by atoms with E-state index in [-0.39, 0.29) is 46.5 Å². The van der Waals surface area contributed by atoms with Crippen LogP contribution in [-0.4, -0.2) is 75.9 Å². The number of para-hydroxylation sites is 1. The van der Waals surface area contributed by atoms with E-state index >= 15 is 0 Å². The summed E-state index contributed by atoms with van der Waals surface area (Å²) in [6.45, 7) is 3.09. The Morgan fingerprint density at radius 3 is 2.32 bits per heavy atom. The van der Waals surface area contributed by atoms with E-state index in [1.54, 1.807) is 32.0 Å². The molecule has 0 bridgehead atoms. The average Bonchev–Trinajstić information content (AvgIpc) is 2.95. The third-order valence-corrected chi connectivity index (χ3v) is 10.2. The lowest BCUT2D eigenvalue weighted by atomic mass is 9.99. The van der Waals surface area contributed by atoms with Gasteiger partial charge in [-0.05, 0) is 55.5 Å². The topological polar surface area (TPSA) is 133 Å². The van der Waals surface area contributed by atoms with Gasteiger partial charge in [0.15, 0.2) is 5.75 Å². The van der Waals surface area contributed by atoms with Crippen LogP contribution in [0.15, 0.2) is 82.6 Å². The molecule has 0 fully saturated rings. The molecule has 4 rings (SSSR count). The largest absolute Gasteiger partial charge is 0.486 e. The number of amides is 1. The molecule has 3 atom stereocenters. The third kappa shape index (κ3) is 6.53. The predicted molar refractivity (Wildman–Crippen MR) is 151 cm³/mol. The number of nitrogens with one attached hydrogen (secondary N) is 1. The lowest BCUT2D eigenvalue weighted by Crippen LogP contribution is -2.50. The number of anilines is 1. The van der Waals surface area contributed by atoms with E-state index in [2.05, 4.69) is 4.72 Å². The Morgan fingerprint density at radius 1 is 1.02 bits per heavy atom. The maximum atomic E-state index is 13.6. The monoisotopic (exact) mass is 605 g/mol. The molecular formula is C28H32FN3O7S2. The molecule has 2 N–H and O–H groups in total. The van der Waals surface area contributed by atoms with Gasteiger partial charge in [0, 0.05) is 19.5 Å². The number of hydrogen-bond donors (Lipinski definition) is 2. The van der Waals surface area contributed by atoms with Crippen molar-refractivity contribution in [1.29, 1.82) is 0 Å². The number of halogens is 1. The quantitative estimate of drug-likeness (QED) is 0.383. The van der Waals surface area contributed by atoms with Gasteiger partial charge < -0.3 is 14.7 Å². The Balaban J connectivity index is 1.76. The van der Waals surface area contributed by atoms with Gasteiger partial charge in [0.1, 0.15) is 11.9 Å². The van der Waals surface area contributed by atoms with Crippen molar-refractivity contribution < 1.29 is 35.9 Å². The van der Waals surface area contributed by atoms with E-state index in [4.69, 9.17) is 4.74 Å². The molecule has 10 nitrogen and oxygen atoms in total. The molecule has 1 amide bonds. The summed E-state index contributed by atoms with van der Waals surface area (Å²) < 4.78 is 76.2. The van der Waals surface area contributed by atoms with Gasteiger partial charge in [0.2, 0.25) is 10.0 Å². The van der Waals surface area contributed by atoms with Crippen LogP contribution in [0, 0.1) is 11.7 Å². The highest BCUT2D eigenvalue weighted by Crippen LogP contribution is 2.36. The first-order valence-electron chi connectivity index (χ1n) is 12.9. The number of rotatable bonds is 9. The number of fused-ring (bicyclic) bond motifs is 1. The van der Waals surface area contributed by atoms with Crippen LogP contribution in [0.3, 0.4) is 0 Å². The van der Waals surface area contributed by atoms with E-state index in [1.165, 1.54) is 54.4 Å². The highest BCUT2D eigenvalue weighted by molar-refractivity contribution is 7.92. The number of likely N-dealkylation sites (N-methyl/N-ethyl adjacent to an activating group) is 1. The molecule has 3 aromatic rings. The minimum atomic E-state index is -4.07. The molecule has 1 aliphatic heterocycles. The first-order valence-corrected chi connectivity index (χ1v) is 15.8. The van der Waals surface area contributed by atoms with Crippen molar-refractivity contribution in [3.05, 3.63) is 84.2 Å². The molecule has 41 heavy (non-hydrogen) atoms. The maximum absolute atomic E-state index is 13.6. The number of aliphatic hydroxyl groups is 1. The SMILES string of the molecule is C[C@@H]1CN([C@@H](C)CO)C(=O)c2cccc(NS(=O)(=O)c3ccccc3)c2O[C@@H]1CN(C)S(=O)(=O)c1ccc(F)cc1. The number of carbonyl (C=O) groups excluding carboxylic acids is 1. The lowest BCUT2D eigenvalue weighted by molar-refractivity contribution is 0.0389. The molecular weight excluding hydrogens is 573 g/mol. The maximum Gasteiger partial charge on any atom is 0.262 e. The average molecular weight is 606 g/mol. The van der Waals surface area contributed by atoms with E-state index < -0.39 is 49.8 Å². The molecule has 0 aromatic heterocycles. The van der Waals surface area contributed by atoms with E-state index in [1.807, 2.05) is 0 Å². The number of carbonyl (C=O) groups is 1. The smallest absolute Gasteiger partial charge is 0.262 e. The zero-order valence-corrected chi connectivity index (χ0v) is 24.4. The summed E-state index contributed by atoms with van der Waals surface area (Å²) in [5, 5.41) is 9.87. The van der Waals surface area contributed by atoms with Gasteiger partial charge in [0.05, 0.1) is 40.2 Å². The lowest BCUT2D eigenvalue weighted by Gasteiger charge is -2.38. The Labute approximate surface area is 239 Å². The summed E-state index contributed by atoms with van der Waals surface area (Å²) in [4.78, 5) is 15.0. The second-order valence-corrected chi connectivity index (χ2v) is 13.7. The molecule has 0 saturated carbocycles. The van der Waals surface area contributed by atoms with E-state index in [9.17, 15) is 31.1 Å². The molecule has 220 valence electrons. The van der Waals surface area contributed by atoms with Gasteiger partial charge in [-0.2, -0.15) is 4.31 Å². The summed E-state index contributed by atoms with van der Waals surface area (Å²) in [6, 6.07) is 16.0. The summed E-state index contributed by atoms with van der Waals surface area (Å²) in [5.74, 6) is -1.56. The second kappa shape index (κ2) is 12.1. The number of benzene rings is 3. The summed E-state index contributed by atoms with van der Waals surface area (Å²) in [5.41, 5.74) is 0.0546. The van der Waals surface area contributed by atoms with Crippen molar-refractivity contribution in [1.82, 2.24) is 9.21 Å². The minimum absolute atomic E-state index is 0.000320. The number of hydrogen-bond acceptors (Lipinski definition) is 7. The Hall–Kier alpha value is -3.52. The van der Waals surface area contributed by atoms with Crippen molar-refractivity contribution in [2.45, 2.75) is 35.8 Å².